The second-order valence-electron chi connectivity index (χ2n) is 9.10. The van der Waals surface area contributed by atoms with E-state index < -0.39 is 0 Å². The minimum atomic E-state index is -0.277. The highest BCUT2D eigenvalue weighted by Crippen LogP contribution is 2.40. The number of hydrogen-bond acceptors (Lipinski definition) is 3. The van der Waals surface area contributed by atoms with E-state index in [1.54, 1.807) is 0 Å². The van der Waals surface area contributed by atoms with Crippen molar-refractivity contribution in [3.63, 3.8) is 0 Å². The van der Waals surface area contributed by atoms with Gasteiger partial charge >= 0.3 is 0 Å². The Bertz CT molecular complexity index is 749. The van der Waals surface area contributed by atoms with Gasteiger partial charge in [0.25, 0.3) is 0 Å². The number of nitrogens with zero attached hydrogens (tertiary/aromatic N) is 2. The number of rotatable bonds is 3. The summed E-state index contributed by atoms with van der Waals surface area (Å²) in [5.74, 6) is 1.08. The zero-order valence-corrected chi connectivity index (χ0v) is 17.1. The summed E-state index contributed by atoms with van der Waals surface area (Å²) in [6.45, 7) is 5.73. The molecule has 1 aromatic carbocycles. The third kappa shape index (κ3) is 3.40. The van der Waals surface area contributed by atoms with Gasteiger partial charge in [0.2, 0.25) is 11.8 Å². The van der Waals surface area contributed by atoms with Gasteiger partial charge < -0.3 is 15.5 Å². The molecular formula is C23H33N3O2. The summed E-state index contributed by atoms with van der Waals surface area (Å²) in [5.41, 5.74) is 7.61. The molecular weight excluding hydrogens is 350 g/mol. The number of primary amides is 1. The zero-order chi connectivity index (χ0) is 19.8. The standard InChI is InChI=1S/C23H33N3O2/c1-15-11-12-25(20-9-5-3-7-17(15)20)22(27)14-26-16(2)13-19(23(24)28)18-8-4-6-10-21(18)26/h4,6,8,10,15-17,19-20H,3,5,7,9,11-14H2,1-2H3,(H2,24,28). The molecule has 5 nitrogen and oxygen atoms in total. The fourth-order valence-corrected chi connectivity index (χ4v) is 5.85. The molecule has 1 saturated carbocycles. The van der Waals surface area contributed by atoms with Crippen LogP contribution in [0.2, 0.25) is 0 Å². The maximum atomic E-state index is 13.4. The Labute approximate surface area is 168 Å². The Hall–Kier alpha value is -2.04. The maximum Gasteiger partial charge on any atom is 0.242 e. The monoisotopic (exact) mass is 383 g/mol. The molecule has 3 aliphatic rings. The molecule has 5 atom stereocenters. The number of carbonyl (C=O) groups is 2. The predicted octanol–water partition coefficient (Wildman–Crippen LogP) is 3.28. The third-order valence-electron chi connectivity index (χ3n) is 7.44. The third-order valence-corrected chi connectivity index (χ3v) is 7.44. The van der Waals surface area contributed by atoms with Crippen molar-refractivity contribution in [1.82, 2.24) is 4.90 Å². The van der Waals surface area contributed by atoms with Crippen molar-refractivity contribution in [2.45, 2.75) is 70.4 Å². The second-order valence-corrected chi connectivity index (χ2v) is 9.10. The highest BCUT2D eigenvalue weighted by molar-refractivity contribution is 5.87. The molecule has 1 aliphatic carbocycles. The largest absolute Gasteiger partial charge is 0.369 e. The molecule has 2 N–H and O–H groups in total. The van der Waals surface area contributed by atoms with Crippen LogP contribution in [-0.2, 0) is 9.59 Å². The van der Waals surface area contributed by atoms with Crippen molar-refractivity contribution in [2.75, 3.05) is 18.0 Å². The Morgan fingerprint density at radius 2 is 1.86 bits per heavy atom. The molecule has 0 aromatic heterocycles. The van der Waals surface area contributed by atoms with Gasteiger partial charge in [-0.2, -0.15) is 0 Å². The van der Waals surface area contributed by atoms with Crippen LogP contribution in [0, 0.1) is 11.8 Å². The Morgan fingerprint density at radius 3 is 2.64 bits per heavy atom. The number of likely N-dealkylation sites (tertiary alicyclic amines) is 1. The van der Waals surface area contributed by atoms with Crippen molar-refractivity contribution >= 4 is 17.5 Å². The fourth-order valence-electron chi connectivity index (χ4n) is 5.85. The molecule has 4 rings (SSSR count). The van der Waals surface area contributed by atoms with Crippen LogP contribution < -0.4 is 10.6 Å². The first-order chi connectivity index (χ1) is 13.5. The van der Waals surface area contributed by atoms with E-state index in [2.05, 4.69) is 23.6 Å². The summed E-state index contributed by atoms with van der Waals surface area (Å²) in [4.78, 5) is 29.7. The topological polar surface area (TPSA) is 66.6 Å². The first-order valence-corrected chi connectivity index (χ1v) is 10.9. The average Bonchev–Trinajstić information content (AvgIpc) is 2.70. The fraction of sp³-hybridized carbons (Fsp3) is 0.652. The number of nitrogens with two attached hydrogens (primary N) is 1. The first-order valence-electron chi connectivity index (χ1n) is 10.9. The molecule has 0 bridgehead atoms. The second kappa shape index (κ2) is 7.76. The normalized spacial score (nSPS) is 32.4. The van der Waals surface area contributed by atoms with Crippen molar-refractivity contribution in [3.8, 4) is 0 Å². The number of amides is 2. The van der Waals surface area contributed by atoms with E-state index in [1.807, 2.05) is 24.3 Å². The summed E-state index contributed by atoms with van der Waals surface area (Å²) in [6, 6.07) is 8.46. The molecule has 1 aromatic rings. The van der Waals surface area contributed by atoms with E-state index in [0.717, 1.165) is 36.6 Å². The van der Waals surface area contributed by atoms with E-state index >= 15 is 0 Å². The molecule has 28 heavy (non-hydrogen) atoms. The first kappa shape index (κ1) is 19.3. The molecule has 2 heterocycles. The van der Waals surface area contributed by atoms with Crippen molar-refractivity contribution in [3.05, 3.63) is 29.8 Å². The SMILES string of the molecule is CC1CCN(C(=O)CN2c3ccccc3C(C(N)=O)CC2C)C2CCCCC12. The van der Waals surface area contributed by atoms with E-state index in [0.29, 0.717) is 24.9 Å². The van der Waals surface area contributed by atoms with E-state index in [4.69, 9.17) is 5.73 Å². The van der Waals surface area contributed by atoms with Gasteiger partial charge in [0, 0.05) is 24.3 Å². The highest BCUT2D eigenvalue weighted by Gasteiger charge is 2.41. The van der Waals surface area contributed by atoms with Crippen molar-refractivity contribution in [1.29, 1.82) is 0 Å². The molecule has 2 amide bonds. The molecule has 1 saturated heterocycles. The number of benzene rings is 1. The molecule has 2 aliphatic heterocycles. The van der Waals surface area contributed by atoms with Gasteiger partial charge in [0.05, 0.1) is 12.5 Å². The van der Waals surface area contributed by atoms with Gasteiger partial charge in [-0.3, -0.25) is 9.59 Å². The summed E-state index contributed by atoms with van der Waals surface area (Å²) >= 11 is 0. The van der Waals surface area contributed by atoms with Gasteiger partial charge in [-0.25, -0.2) is 0 Å². The minimum Gasteiger partial charge on any atom is -0.369 e. The number of fused-ring (bicyclic) bond motifs is 2. The molecule has 5 heteroatoms. The zero-order valence-electron chi connectivity index (χ0n) is 17.1. The predicted molar refractivity (Wildman–Crippen MR) is 111 cm³/mol. The maximum absolute atomic E-state index is 13.4. The van der Waals surface area contributed by atoms with Gasteiger partial charge in [-0.15, -0.1) is 0 Å². The van der Waals surface area contributed by atoms with Gasteiger partial charge in [0.15, 0.2) is 0 Å². The molecule has 5 unspecified atom stereocenters. The Kier molecular flexibility index (Phi) is 5.35. The lowest BCUT2D eigenvalue weighted by molar-refractivity contribution is -0.137. The van der Waals surface area contributed by atoms with Crippen LogP contribution in [0.5, 0.6) is 0 Å². The Balaban J connectivity index is 1.55. The van der Waals surface area contributed by atoms with E-state index in [-0.39, 0.29) is 23.8 Å². The summed E-state index contributed by atoms with van der Waals surface area (Å²) < 4.78 is 0. The van der Waals surface area contributed by atoms with Crippen LogP contribution in [-0.4, -0.2) is 41.9 Å². The summed E-state index contributed by atoms with van der Waals surface area (Å²) in [5, 5.41) is 0. The van der Waals surface area contributed by atoms with Gasteiger partial charge in [-0.1, -0.05) is 38.0 Å². The quantitative estimate of drug-likeness (QED) is 0.871. The van der Waals surface area contributed by atoms with Gasteiger partial charge in [0.1, 0.15) is 0 Å². The minimum absolute atomic E-state index is 0.113. The van der Waals surface area contributed by atoms with Crippen LogP contribution >= 0.6 is 0 Å². The summed E-state index contributed by atoms with van der Waals surface area (Å²) in [7, 11) is 0. The van der Waals surface area contributed by atoms with Crippen LogP contribution in [0.25, 0.3) is 0 Å². The van der Waals surface area contributed by atoms with Crippen LogP contribution in [0.1, 0.15) is 63.9 Å². The number of para-hydroxylation sites is 1. The number of carbonyl (C=O) groups excluding carboxylic acids is 2. The lowest BCUT2D eigenvalue weighted by Gasteiger charge is -2.48. The number of piperidine rings is 1. The lowest BCUT2D eigenvalue weighted by Crippen LogP contribution is -2.56. The van der Waals surface area contributed by atoms with E-state index in [9.17, 15) is 9.59 Å². The Morgan fingerprint density at radius 1 is 1.11 bits per heavy atom. The number of hydrogen-bond donors (Lipinski definition) is 1. The molecule has 0 radical (unpaired) electrons. The van der Waals surface area contributed by atoms with Crippen LogP contribution in [0.3, 0.4) is 0 Å². The molecule has 152 valence electrons. The summed E-state index contributed by atoms with van der Waals surface area (Å²) in [6.07, 6.45) is 6.74. The highest BCUT2D eigenvalue weighted by atomic mass is 16.2. The molecule has 0 spiro atoms. The van der Waals surface area contributed by atoms with Crippen molar-refractivity contribution < 1.29 is 9.59 Å². The molecule has 2 fully saturated rings. The average molecular weight is 384 g/mol. The van der Waals surface area contributed by atoms with Gasteiger partial charge in [-0.05, 0) is 56.1 Å². The number of anilines is 1. The van der Waals surface area contributed by atoms with Crippen LogP contribution in [0.15, 0.2) is 24.3 Å². The lowest BCUT2D eigenvalue weighted by atomic mass is 9.72. The van der Waals surface area contributed by atoms with Crippen molar-refractivity contribution in [2.24, 2.45) is 17.6 Å². The van der Waals surface area contributed by atoms with E-state index in [1.165, 1.54) is 19.3 Å². The smallest absolute Gasteiger partial charge is 0.242 e. The van der Waals surface area contributed by atoms with Crippen LogP contribution in [0.4, 0.5) is 5.69 Å².